The Morgan fingerprint density at radius 2 is 2.00 bits per heavy atom. The smallest absolute Gasteiger partial charge is 0.192 e. The van der Waals surface area contributed by atoms with Crippen LogP contribution in [0.5, 0.6) is 0 Å². The van der Waals surface area contributed by atoms with Crippen molar-refractivity contribution in [3.05, 3.63) is 30.0 Å². The lowest BCUT2D eigenvalue weighted by atomic mass is 10.3. The maximum atomic E-state index is 5.28. The third-order valence-electron chi connectivity index (χ3n) is 1.30. The van der Waals surface area contributed by atoms with E-state index in [2.05, 4.69) is 11.6 Å². The van der Waals surface area contributed by atoms with Gasteiger partial charge in [0.25, 0.3) is 0 Å². The van der Waals surface area contributed by atoms with E-state index in [4.69, 9.17) is 4.42 Å². The number of rotatable bonds is 2. The quantitative estimate of drug-likeness (QED) is 0.692. The number of oxazole rings is 1. The molecule has 1 heterocycles. The van der Waals surface area contributed by atoms with Gasteiger partial charge in [-0.1, -0.05) is 26.5 Å². The lowest BCUT2D eigenvalue weighted by Gasteiger charge is -1.83. The van der Waals surface area contributed by atoms with Gasteiger partial charge in [-0.25, -0.2) is 4.98 Å². The van der Waals surface area contributed by atoms with Crippen LogP contribution in [0.25, 0.3) is 12.2 Å². The number of nitrogens with zero attached hydrogens (tertiary/aromatic N) is 1. The molecular formula is C11H17NO. The highest BCUT2D eigenvalue weighted by molar-refractivity contribution is 5.56. The number of aryl methyl sites for hydroxylation is 1. The minimum atomic E-state index is 0.674. The highest BCUT2D eigenvalue weighted by atomic mass is 16.4. The van der Waals surface area contributed by atoms with Gasteiger partial charge in [-0.15, -0.1) is 0 Å². The predicted molar refractivity (Wildman–Crippen MR) is 57.4 cm³/mol. The van der Waals surface area contributed by atoms with Crippen LogP contribution in [0.4, 0.5) is 0 Å². The molecule has 0 spiro atoms. The van der Waals surface area contributed by atoms with Crippen molar-refractivity contribution < 1.29 is 4.42 Å². The number of aromatic nitrogens is 1. The average molecular weight is 179 g/mol. The Kier molecular flexibility index (Phi) is 5.60. The molecule has 0 radical (unpaired) electrons. The Morgan fingerprint density at radius 1 is 1.38 bits per heavy atom. The molecule has 0 N–H and O–H groups in total. The van der Waals surface area contributed by atoms with Crippen LogP contribution in [0.2, 0.25) is 0 Å². The average Bonchev–Trinajstić information content (AvgIpc) is 2.50. The molecule has 13 heavy (non-hydrogen) atoms. The van der Waals surface area contributed by atoms with Crippen molar-refractivity contribution in [1.29, 1.82) is 0 Å². The normalized spacial score (nSPS) is 9.54. The molecule has 0 amide bonds. The van der Waals surface area contributed by atoms with Crippen molar-refractivity contribution in [2.45, 2.75) is 27.7 Å². The molecule has 2 heteroatoms. The van der Waals surface area contributed by atoms with E-state index in [0.29, 0.717) is 5.89 Å². The Balaban J connectivity index is 0.000000671. The number of hydrogen-bond donors (Lipinski definition) is 0. The molecular weight excluding hydrogens is 162 g/mol. The van der Waals surface area contributed by atoms with Gasteiger partial charge in [-0.05, 0) is 19.1 Å². The monoisotopic (exact) mass is 179 g/mol. The number of allylic oxidation sites excluding steroid dienone is 1. The van der Waals surface area contributed by atoms with Crippen molar-refractivity contribution in [1.82, 2.24) is 4.98 Å². The van der Waals surface area contributed by atoms with Crippen LogP contribution < -0.4 is 0 Å². The highest BCUT2D eigenvalue weighted by Gasteiger charge is 2.02. The van der Waals surface area contributed by atoms with Crippen LogP contribution in [0.1, 0.15) is 38.1 Å². The molecule has 0 saturated heterocycles. The molecule has 0 unspecified atom stereocenters. The Hall–Kier alpha value is -1.31. The first-order valence-corrected chi connectivity index (χ1v) is 4.50. The summed E-state index contributed by atoms with van der Waals surface area (Å²) in [5.74, 6) is 1.45. The van der Waals surface area contributed by atoms with Crippen LogP contribution in [-0.2, 0) is 0 Å². The first kappa shape index (κ1) is 11.7. The molecule has 2 nitrogen and oxygen atoms in total. The standard InChI is InChI=1S/C9H11NO.C2H6/c1-4-6-9-8(5-2)10-7(3)11-9;1-2/h4-6H,2H2,1,3H3;1-2H3/b6-4-;. The molecule has 1 aromatic rings. The fraction of sp³-hybridized carbons (Fsp3) is 0.364. The van der Waals surface area contributed by atoms with Crippen LogP contribution >= 0.6 is 0 Å². The molecule has 0 aliphatic heterocycles. The molecule has 0 aromatic carbocycles. The maximum Gasteiger partial charge on any atom is 0.192 e. The number of hydrogen-bond acceptors (Lipinski definition) is 2. The summed E-state index contributed by atoms with van der Waals surface area (Å²) in [6.45, 7) is 11.4. The van der Waals surface area contributed by atoms with Crippen molar-refractivity contribution in [3.8, 4) is 0 Å². The summed E-state index contributed by atoms with van der Waals surface area (Å²) in [7, 11) is 0. The zero-order valence-corrected chi connectivity index (χ0v) is 8.79. The second-order valence-electron chi connectivity index (χ2n) is 2.19. The second-order valence-corrected chi connectivity index (χ2v) is 2.19. The van der Waals surface area contributed by atoms with E-state index in [0.717, 1.165) is 11.5 Å². The van der Waals surface area contributed by atoms with Crippen molar-refractivity contribution in [2.75, 3.05) is 0 Å². The second kappa shape index (κ2) is 6.23. The molecule has 0 aliphatic rings. The van der Waals surface area contributed by atoms with Crippen molar-refractivity contribution >= 4 is 12.2 Å². The molecule has 0 aliphatic carbocycles. The summed E-state index contributed by atoms with van der Waals surface area (Å²) >= 11 is 0. The van der Waals surface area contributed by atoms with Gasteiger partial charge in [-0.3, -0.25) is 0 Å². The molecule has 0 bridgehead atoms. The summed E-state index contributed by atoms with van der Waals surface area (Å²) in [6, 6.07) is 0. The Morgan fingerprint density at radius 3 is 2.46 bits per heavy atom. The lowest BCUT2D eigenvalue weighted by molar-refractivity contribution is 0.513. The van der Waals surface area contributed by atoms with Crippen LogP contribution in [0.3, 0.4) is 0 Å². The molecule has 0 saturated carbocycles. The SMILES string of the molecule is C=Cc1nc(C)oc1/C=C\C.CC. The van der Waals surface area contributed by atoms with E-state index in [1.807, 2.05) is 39.8 Å². The minimum absolute atomic E-state index is 0.674. The summed E-state index contributed by atoms with van der Waals surface area (Å²) < 4.78 is 5.28. The van der Waals surface area contributed by atoms with E-state index in [-0.39, 0.29) is 0 Å². The maximum absolute atomic E-state index is 5.28. The van der Waals surface area contributed by atoms with E-state index in [1.165, 1.54) is 0 Å². The molecule has 0 fully saturated rings. The van der Waals surface area contributed by atoms with Gasteiger partial charge in [-0.2, -0.15) is 0 Å². The highest BCUT2D eigenvalue weighted by Crippen LogP contribution is 2.12. The lowest BCUT2D eigenvalue weighted by Crippen LogP contribution is -1.73. The minimum Gasteiger partial charge on any atom is -0.441 e. The van der Waals surface area contributed by atoms with Gasteiger partial charge in [0.2, 0.25) is 0 Å². The van der Waals surface area contributed by atoms with E-state index in [9.17, 15) is 0 Å². The zero-order valence-electron chi connectivity index (χ0n) is 8.79. The topological polar surface area (TPSA) is 26.0 Å². The van der Waals surface area contributed by atoms with Crippen molar-refractivity contribution in [3.63, 3.8) is 0 Å². The summed E-state index contributed by atoms with van der Waals surface area (Å²) in [5.41, 5.74) is 0.806. The van der Waals surface area contributed by atoms with Gasteiger partial charge in [0, 0.05) is 6.92 Å². The first-order valence-electron chi connectivity index (χ1n) is 4.50. The fourth-order valence-corrected chi connectivity index (χ4v) is 0.876. The van der Waals surface area contributed by atoms with Crippen LogP contribution in [-0.4, -0.2) is 4.98 Å². The molecule has 72 valence electrons. The fourth-order valence-electron chi connectivity index (χ4n) is 0.876. The van der Waals surface area contributed by atoms with Gasteiger partial charge < -0.3 is 4.42 Å². The van der Waals surface area contributed by atoms with E-state index in [1.54, 1.807) is 6.08 Å². The predicted octanol–water partition coefficient (Wildman–Crippen LogP) is 3.69. The third kappa shape index (κ3) is 3.28. The first-order chi connectivity index (χ1) is 6.27. The van der Waals surface area contributed by atoms with Gasteiger partial charge in [0.1, 0.15) is 5.69 Å². The van der Waals surface area contributed by atoms with Crippen LogP contribution in [0.15, 0.2) is 17.1 Å². The van der Waals surface area contributed by atoms with Gasteiger partial charge in [0.15, 0.2) is 11.7 Å². The largest absolute Gasteiger partial charge is 0.441 e. The summed E-state index contributed by atoms with van der Waals surface area (Å²) in [6.07, 6.45) is 5.47. The summed E-state index contributed by atoms with van der Waals surface area (Å²) in [4.78, 5) is 4.11. The van der Waals surface area contributed by atoms with Gasteiger partial charge >= 0.3 is 0 Å². The Bertz CT molecular complexity index is 284. The van der Waals surface area contributed by atoms with Crippen LogP contribution in [0, 0.1) is 6.92 Å². The molecule has 1 aromatic heterocycles. The molecule has 0 atom stereocenters. The van der Waals surface area contributed by atoms with E-state index >= 15 is 0 Å². The summed E-state index contributed by atoms with van der Waals surface area (Å²) in [5, 5.41) is 0. The third-order valence-corrected chi connectivity index (χ3v) is 1.30. The van der Waals surface area contributed by atoms with Gasteiger partial charge in [0.05, 0.1) is 0 Å². The van der Waals surface area contributed by atoms with Crippen molar-refractivity contribution in [2.24, 2.45) is 0 Å². The van der Waals surface area contributed by atoms with E-state index < -0.39 is 0 Å². The Labute approximate surface area is 80.0 Å². The zero-order chi connectivity index (χ0) is 10.3. The molecule has 1 rings (SSSR count).